The fourth-order valence-electron chi connectivity index (χ4n) is 1.96. The largest absolute Gasteiger partial charge is 0.409 e. The summed E-state index contributed by atoms with van der Waals surface area (Å²) in [7, 11) is 2.15. The molecule has 0 aliphatic heterocycles. The summed E-state index contributed by atoms with van der Waals surface area (Å²) < 4.78 is 0. The van der Waals surface area contributed by atoms with Gasteiger partial charge in [-0.25, -0.2) is 0 Å². The molecule has 4 nitrogen and oxygen atoms in total. The van der Waals surface area contributed by atoms with Crippen molar-refractivity contribution in [3.63, 3.8) is 0 Å². The summed E-state index contributed by atoms with van der Waals surface area (Å²) in [4.78, 5) is 2.34. The molecule has 0 unspecified atom stereocenters. The third-order valence-electron chi connectivity index (χ3n) is 3.08. The molecule has 17 heavy (non-hydrogen) atoms. The maximum atomic E-state index is 8.56. The van der Waals surface area contributed by atoms with Crippen molar-refractivity contribution in [1.29, 1.82) is 0 Å². The van der Waals surface area contributed by atoms with Crippen molar-refractivity contribution in [3.05, 3.63) is 35.4 Å². The van der Waals surface area contributed by atoms with E-state index in [9.17, 15) is 0 Å². The van der Waals surface area contributed by atoms with E-state index in [2.05, 4.69) is 17.1 Å². The normalized spacial score (nSPS) is 16.5. The lowest BCUT2D eigenvalue weighted by molar-refractivity contribution is 0.313. The minimum atomic E-state index is 0.155. The van der Waals surface area contributed by atoms with Crippen molar-refractivity contribution in [2.75, 3.05) is 13.6 Å². The highest BCUT2D eigenvalue weighted by Gasteiger charge is 2.22. The van der Waals surface area contributed by atoms with Crippen molar-refractivity contribution in [2.24, 2.45) is 16.8 Å². The zero-order valence-corrected chi connectivity index (χ0v) is 10.1. The molecular weight excluding hydrogens is 214 g/mol. The van der Waals surface area contributed by atoms with E-state index in [0.29, 0.717) is 0 Å². The second kappa shape index (κ2) is 5.19. The predicted octanol–water partition coefficient (Wildman–Crippen LogP) is 1.62. The smallest absolute Gasteiger partial charge is 0.170 e. The van der Waals surface area contributed by atoms with Gasteiger partial charge in [-0.1, -0.05) is 29.4 Å². The maximum absolute atomic E-state index is 8.56. The number of hydrogen-bond acceptors (Lipinski definition) is 3. The van der Waals surface area contributed by atoms with Crippen molar-refractivity contribution in [3.8, 4) is 0 Å². The molecule has 4 heteroatoms. The molecule has 1 saturated carbocycles. The maximum Gasteiger partial charge on any atom is 0.170 e. The number of nitrogens with two attached hydrogens (primary N) is 1. The fourth-order valence-corrected chi connectivity index (χ4v) is 1.96. The molecule has 3 N–H and O–H groups in total. The predicted molar refractivity (Wildman–Crippen MR) is 68.0 cm³/mol. The van der Waals surface area contributed by atoms with Crippen LogP contribution in [-0.4, -0.2) is 29.5 Å². The molecule has 0 spiro atoms. The third-order valence-corrected chi connectivity index (χ3v) is 3.08. The molecule has 0 heterocycles. The van der Waals surface area contributed by atoms with Crippen LogP contribution in [-0.2, 0) is 6.54 Å². The van der Waals surface area contributed by atoms with Gasteiger partial charge in [0.05, 0.1) is 0 Å². The van der Waals surface area contributed by atoms with Gasteiger partial charge in [0.15, 0.2) is 5.84 Å². The van der Waals surface area contributed by atoms with Gasteiger partial charge in [0.1, 0.15) is 0 Å². The van der Waals surface area contributed by atoms with Gasteiger partial charge in [0.2, 0.25) is 0 Å². The van der Waals surface area contributed by atoms with E-state index in [-0.39, 0.29) is 5.84 Å². The number of rotatable bonds is 5. The number of amidine groups is 1. The van der Waals surface area contributed by atoms with Gasteiger partial charge in [-0.3, -0.25) is 0 Å². The molecule has 1 aromatic rings. The number of oxime groups is 1. The Balaban J connectivity index is 1.92. The van der Waals surface area contributed by atoms with Crippen molar-refractivity contribution in [1.82, 2.24) is 4.90 Å². The van der Waals surface area contributed by atoms with Crippen LogP contribution in [0.4, 0.5) is 0 Å². The second-order valence-corrected chi connectivity index (χ2v) is 4.82. The molecule has 0 atom stereocenters. The van der Waals surface area contributed by atoms with Crippen LogP contribution in [0.2, 0.25) is 0 Å². The lowest BCUT2D eigenvalue weighted by Gasteiger charge is -2.16. The van der Waals surface area contributed by atoms with Crippen LogP contribution in [0.25, 0.3) is 0 Å². The Morgan fingerprint density at radius 2 is 2.06 bits per heavy atom. The van der Waals surface area contributed by atoms with E-state index < -0.39 is 0 Å². The first-order valence-corrected chi connectivity index (χ1v) is 5.94. The second-order valence-electron chi connectivity index (χ2n) is 4.82. The zero-order chi connectivity index (χ0) is 12.3. The first-order chi connectivity index (χ1) is 8.19. The molecule has 0 amide bonds. The van der Waals surface area contributed by atoms with Gasteiger partial charge >= 0.3 is 0 Å². The minimum Gasteiger partial charge on any atom is -0.409 e. The van der Waals surface area contributed by atoms with Crippen LogP contribution in [0.3, 0.4) is 0 Å². The first-order valence-electron chi connectivity index (χ1n) is 5.94. The summed E-state index contributed by atoms with van der Waals surface area (Å²) in [5, 5.41) is 11.5. The molecule has 0 bridgehead atoms. The van der Waals surface area contributed by atoms with Crippen molar-refractivity contribution < 1.29 is 5.21 Å². The van der Waals surface area contributed by atoms with E-state index in [1.165, 1.54) is 24.9 Å². The molecule has 0 radical (unpaired) electrons. The summed E-state index contributed by atoms with van der Waals surface area (Å²) >= 11 is 0. The van der Waals surface area contributed by atoms with Crippen LogP contribution in [0.15, 0.2) is 29.4 Å². The van der Waals surface area contributed by atoms with Crippen molar-refractivity contribution in [2.45, 2.75) is 19.4 Å². The zero-order valence-electron chi connectivity index (χ0n) is 10.1. The van der Waals surface area contributed by atoms with Crippen LogP contribution < -0.4 is 5.73 Å². The first kappa shape index (κ1) is 11.9. The highest BCUT2D eigenvalue weighted by atomic mass is 16.4. The Bertz CT molecular complexity index is 396. The highest BCUT2D eigenvalue weighted by Crippen LogP contribution is 2.29. The van der Waals surface area contributed by atoms with E-state index in [0.717, 1.165) is 18.0 Å². The van der Waals surface area contributed by atoms with Gasteiger partial charge in [0, 0.05) is 18.7 Å². The minimum absolute atomic E-state index is 0.155. The summed E-state index contributed by atoms with van der Waals surface area (Å²) in [5.41, 5.74) is 7.51. The van der Waals surface area contributed by atoms with Crippen LogP contribution in [0.1, 0.15) is 24.0 Å². The number of benzene rings is 1. The standard InChI is InChI=1S/C13H19N3O/c1-16(8-10-2-3-10)9-11-4-6-12(7-5-11)13(14)15-17/h4-7,10,17H,2-3,8-9H2,1H3,(H2,14,15). The number of hydrogen-bond donors (Lipinski definition) is 2. The third kappa shape index (κ3) is 3.46. The molecule has 0 aromatic heterocycles. The quantitative estimate of drug-likeness (QED) is 0.351. The Morgan fingerprint density at radius 3 is 2.59 bits per heavy atom. The summed E-state index contributed by atoms with van der Waals surface area (Å²) in [6.45, 7) is 2.13. The monoisotopic (exact) mass is 233 g/mol. The molecule has 1 aliphatic carbocycles. The highest BCUT2D eigenvalue weighted by molar-refractivity contribution is 5.96. The van der Waals surface area contributed by atoms with Crippen molar-refractivity contribution >= 4 is 5.84 Å². The molecule has 92 valence electrons. The van der Waals surface area contributed by atoms with Gasteiger partial charge in [-0.2, -0.15) is 0 Å². The van der Waals surface area contributed by atoms with Crippen LogP contribution in [0, 0.1) is 5.92 Å². The van der Waals surface area contributed by atoms with Crippen LogP contribution >= 0.6 is 0 Å². The lowest BCUT2D eigenvalue weighted by atomic mass is 10.1. The summed E-state index contributed by atoms with van der Waals surface area (Å²) in [6.07, 6.45) is 2.76. The van der Waals surface area contributed by atoms with E-state index in [4.69, 9.17) is 10.9 Å². The fraction of sp³-hybridized carbons (Fsp3) is 0.462. The average molecular weight is 233 g/mol. The lowest BCUT2D eigenvalue weighted by Crippen LogP contribution is -2.20. The molecule has 1 aliphatic rings. The Kier molecular flexibility index (Phi) is 3.64. The Hall–Kier alpha value is -1.55. The van der Waals surface area contributed by atoms with E-state index in [1.54, 1.807) is 0 Å². The number of nitrogens with zero attached hydrogens (tertiary/aromatic N) is 2. The summed E-state index contributed by atoms with van der Waals surface area (Å²) in [6, 6.07) is 7.82. The molecule has 0 saturated heterocycles. The Morgan fingerprint density at radius 1 is 1.41 bits per heavy atom. The Labute approximate surface area is 102 Å². The molecule has 1 fully saturated rings. The molecular formula is C13H19N3O. The topological polar surface area (TPSA) is 61.8 Å². The van der Waals surface area contributed by atoms with E-state index >= 15 is 0 Å². The van der Waals surface area contributed by atoms with Crippen LogP contribution in [0.5, 0.6) is 0 Å². The average Bonchev–Trinajstić information content (AvgIpc) is 3.12. The molecule has 2 rings (SSSR count). The van der Waals surface area contributed by atoms with E-state index in [1.807, 2.05) is 24.3 Å². The van der Waals surface area contributed by atoms with Gasteiger partial charge in [0.25, 0.3) is 0 Å². The SMILES string of the molecule is CN(Cc1ccc(/C(N)=N/O)cc1)CC1CC1. The van der Waals surface area contributed by atoms with Gasteiger partial charge in [-0.15, -0.1) is 0 Å². The summed E-state index contributed by atoms with van der Waals surface area (Å²) in [5.74, 6) is 1.07. The van der Waals surface area contributed by atoms with Gasteiger partial charge < -0.3 is 15.8 Å². The van der Waals surface area contributed by atoms with Gasteiger partial charge in [-0.05, 0) is 31.4 Å². The molecule has 1 aromatic carbocycles.